The number of likely N-dealkylation sites (tertiary alicyclic amines) is 1. The van der Waals surface area contributed by atoms with Crippen molar-refractivity contribution in [3.63, 3.8) is 0 Å². The van der Waals surface area contributed by atoms with Crippen LogP contribution in [-0.2, 0) is 14.8 Å². The van der Waals surface area contributed by atoms with E-state index in [4.69, 9.17) is 5.73 Å². The van der Waals surface area contributed by atoms with E-state index in [1.807, 2.05) is 11.8 Å². The molecule has 21 heavy (non-hydrogen) atoms. The van der Waals surface area contributed by atoms with Crippen LogP contribution in [0, 0.1) is 11.8 Å². The number of nitrogens with zero attached hydrogens (tertiary/aromatic N) is 1. The molecule has 0 bridgehead atoms. The topological polar surface area (TPSA) is 92.5 Å². The standard InChI is InChI=1S/C13H25N3O3S.ClH/c1-2-3-6-20(18,19)15-12-8-16(9-13(14)17)7-11(12)10-4-5-10;/h10-12,15H,2-9H2,1H3,(H2,14,17);1H/t11-,12+;/m1./s1. The van der Waals surface area contributed by atoms with Crippen molar-refractivity contribution >= 4 is 28.3 Å². The minimum atomic E-state index is -3.21. The molecule has 2 aliphatic rings. The number of carbonyl (C=O) groups excluding carboxylic acids is 1. The lowest BCUT2D eigenvalue weighted by Crippen LogP contribution is -2.42. The molecule has 1 saturated carbocycles. The third-order valence-corrected chi connectivity index (χ3v) is 5.63. The Bertz CT molecular complexity index is 454. The number of rotatable bonds is 8. The van der Waals surface area contributed by atoms with Crippen molar-refractivity contribution < 1.29 is 13.2 Å². The fourth-order valence-electron chi connectivity index (χ4n) is 3.01. The van der Waals surface area contributed by atoms with Crippen molar-refractivity contribution in [3.8, 4) is 0 Å². The summed E-state index contributed by atoms with van der Waals surface area (Å²) in [5, 5.41) is 0. The first-order valence-corrected chi connectivity index (χ1v) is 9.07. The Morgan fingerprint density at radius 1 is 1.33 bits per heavy atom. The molecule has 2 atom stereocenters. The molecule has 1 amide bonds. The van der Waals surface area contributed by atoms with Gasteiger partial charge in [-0.1, -0.05) is 13.3 Å². The fraction of sp³-hybridized carbons (Fsp3) is 0.923. The van der Waals surface area contributed by atoms with Crippen molar-refractivity contribution in [2.75, 3.05) is 25.4 Å². The molecule has 1 heterocycles. The summed E-state index contributed by atoms with van der Waals surface area (Å²) in [7, 11) is -3.21. The van der Waals surface area contributed by atoms with Crippen molar-refractivity contribution in [3.05, 3.63) is 0 Å². The number of nitrogens with one attached hydrogen (secondary N) is 1. The summed E-state index contributed by atoms with van der Waals surface area (Å²) in [6.45, 7) is 3.56. The van der Waals surface area contributed by atoms with E-state index in [1.165, 1.54) is 12.8 Å². The number of unbranched alkanes of at least 4 members (excludes halogenated alkanes) is 1. The van der Waals surface area contributed by atoms with Gasteiger partial charge in [0.25, 0.3) is 0 Å². The van der Waals surface area contributed by atoms with Gasteiger partial charge in [-0.3, -0.25) is 9.69 Å². The molecule has 0 aromatic heterocycles. The number of hydrogen-bond donors (Lipinski definition) is 2. The predicted molar refractivity (Wildman–Crippen MR) is 84.7 cm³/mol. The molecule has 0 radical (unpaired) electrons. The number of primary amides is 1. The van der Waals surface area contributed by atoms with Crippen molar-refractivity contribution in [2.45, 2.75) is 38.6 Å². The molecule has 3 N–H and O–H groups in total. The smallest absolute Gasteiger partial charge is 0.231 e. The van der Waals surface area contributed by atoms with Crippen LogP contribution in [0.15, 0.2) is 0 Å². The number of amides is 1. The van der Waals surface area contributed by atoms with Gasteiger partial charge in [0.1, 0.15) is 0 Å². The van der Waals surface area contributed by atoms with E-state index < -0.39 is 10.0 Å². The van der Waals surface area contributed by atoms with E-state index in [1.54, 1.807) is 0 Å². The van der Waals surface area contributed by atoms with Crippen LogP contribution in [0.3, 0.4) is 0 Å². The summed E-state index contributed by atoms with van der Waals surface area (Å²) in [6, 6.07) is -0.0660. The van der Waals surface area contributed by atoms with Crippen molar-refractivity contribution in [2.24, 2.45) is 17.6 Å². The first-order chi connectivity index (χ1) is 9.41. The molecule has 0 aromatic carbocycles. The van der Waals surface area contributed by atoms with Crippen LogP contribution in [-0.4, -0.2) is 50.7 Å². The van der Waals surface area contributed by atoms with Gasteiger partial charge in [0.15, 0.2) is 0 Å². The van der Waals surface area contributed by atoms with Crippen LogP contribution in [0.4, 0.5) is 0 Å². The Morgan fingerprint density at radius 3 is 2.52 bits per heavy atom. The summed E-state index contributed by atoms with van der Waals surface area (Å²) in [4.78, 5) is 13.0. The quantitative estimate of drug-likeness (QED) is 0.666. The number of halogens is 1. The molecular formula is C13H26ClN3O3S. The van der Waals surface area contributed by atoms with Crippen molar-refractivity contribution in [1.82, 2.24) is 9.62 Å². The molecule has 2 fully saturated rings. The van der Waals surface area contributed by atoms with Crippen molar-refractivity contribution in [1.29, 1.82) is 0 Å². The van der Waals surface area contributed by atoms with Gasteiger partial charge in [-0.2, -0.15) is 0 Å². The van der Waals surface area contributed by atoms with E-state index in [-0.39, 0.29) is 36.7 Å². The highest BCUT2D eigenvalue weighted by atomic mass is 35.5. The Hall–Kier alpha value is -0.370. The zero-order valence-corrected chi connectivity index (χ0v) is 14.1. The first kappa shape index (κ1) is 18.7. The molecule has 124 valence electrons. The van der Waals surface area contributed by atoms with E-state index in [2.05, 4.69) is 4.72 Å². The van der Waals surface area contributed by atoms with Crippen LogP contribution in [0.2, 0.25) is 0 Å². The summed E-state index contributed by atoms with van der Waals surface area (Å²) in [6.07, 6.45) is 3.89. The SMILES string of the molecule is CCCCS(=O)(=O)N[C@H]1CN(CC(N)=O)C[C@@H]1C1CC1.Cl. The summed E-state index contributed by atoms with van der Waals surface area (Å²) in [5.41, 5.74) is 5.23. The monoisotopic (exact) mass is 339 g/mol. The zero-order valence-electron chi connectivity index (χ0n) is 12.5. The highest BCUT2D eigenvalue weighted by Crippen LogP contribution is 2.41. The lowest BCUT2D eigenvalue weighted by molar-refractivity contribution is -0.118. The highest BCUT2D eigenvalue weighted by Gasteiger charge is 2.43. The maximum atomic E-state index is 12.0. The molecule has 1 aliphatic carbocycles. The number of sulfonamides is 1. The molecule has 8 heteroatoms. The van der Waals surface area contributed by atoms with E-state index in [9.17, 15) is 13.2 Å². The maximum absolute atomic E-state index is 12.0. The average molecular weight is 340 g/mol. The molecule has 1 aliphatic heterocycles. The number of nitrogens with two attached hydrogens (primary N) is 1. The van der Waals surface area contributed by atoms with Crippen LogP contribution in [0.5, 0.6) is 0 Å². The Balaban J connectivity index is 0.00000220. The first-order valence-electron chi connectivity index (χ1n) is 7.42. The van der Waals surface area contributed by atoms with E-state index in [0.717, 1.165) is 13.0 Å². The molecule has 0 unspecified atom stereocenters. The third-order valence-electron chi connectivity index (χ3n) is 4.15. The number of carbonyl (C=O) groups is 1. The number of hydrogen-bond acceptors (Lipinski definition) is 4. The van der Waals surface area contributed by atoms with Gasteiger partial charge < -0.3 is 5.73 Å². The van der Waals surface area contributed by atoms with Crippen LogP contribution in [0.1, 0.15) is 32.6 Å². The lowest BCUT2D eigenvalue weighted by atomic mass is 9.99. The van der Waals surface area contributed by atoms with Crippen LogP contribution in [0.25, 0.3) is 0 Å². The molecule has 6 nitrogen and oxygen atoms in total. The van der Waals surface area contributed by atoms with E-state index >= 15 is 0 Å². The average Bonchev–Trinajstić information content (AvgIpc) is 3.10. The maximum Gasteiger partial charge on any atom is 0.231 e. The van der Waals surface area contributed by atoms with Gasteiger partial charge in [-0.25, -0.2) is 13.1 Å². The largest absolute Gasteiger partial charge is 0.369 e. The minimum absolute atomic E-state index is 0. The highest BCUT2D eigenvalue weighted by molar-refractivity contribution is 7.89. The summed E-state index contributed by atoms with van der Waals surface area (Å²) >= 11 is 0. The summed E-state index contributed by atoms with van der Waals surface area (Å²) in [5.74, 6) is 0.763. The predicted octanol–water partition coefficient (Wildman–Crippen LogP) is 0.323. The van der Waals surface area contributed by atoms with Gasteiger partial charge in [0.05, 0.1) is 12.3 Å². The summed E-state index contributed by atoms with van der Waals surface area (Å²) < 4.78 is 26.9. The molecular weight excluding hydrogens is 314 g/mol. The Kier molecular flexibility index (Phi) is 6.90. The van der Waals surface area contributed by atoms with Crippen LogP contribution >= 0.6 is 12.4 Å². The second-order valence-electron chi connectivity index (χ2n) is 6.06. The Labute approximate surface area is 133 Å². The second kappa shape index (κ2) is 7.76. The minimum Gasteiger partial charge on any atom is -0.369 e. The molecule has 0 aromatic rings. The Morgan fingerprint density at radius 2 is 2.00 bits per heavy atom. The van der Waals surface area contributed by atoms with Gasteiger partial charge in [0.2, 0.25) is 15.9 Å². The van der Waals surface area contributed by atoms with Gasteiger partial charge in [-0.05, 0) is 31.1 Å². The zero-order chi connectivity index (χ0) is 14.8. The van der Waals surface area contributed by atoms with E-state index in [0.29, 0.717) is 24.8 Å². The van der Waals surface area contributed by atoms with Crippen LogP contribution < -0.4 is 10.5 Å². The fourth-order valence-corrected chi connectivity index (χ4v) is 4.51. The molecule has 1 saturated heterocycles. The van der Waals surface area contributed by atoms with Gasteiger partial charge in [-0.15, -0.1) is 12.4 Å². The lowest BCUT2D eigenvalue weighted by Gasteiger charge is -2.19. The van der Waals surface area contributed by atoms with Gasteiger partial charge >= 0.3 is 0 Å². The molecule has 2 rings (SSSR count). The third kappa shape index (κ3) is 5.73. The normalized spacial score (nSPS) is 26.5. The second-order valence-corrected chi connectivity index (χ2v) is 7.93. The molecule has 0 spiro atoms. The van der Waals surface area contributed by atoms with Gasteiger partial charge in [0, 0.05) is 19.1 Å².